The highest BCUT2D eigenvalue weighted by molar-refractivity contribution is 6.30. The SMILES string of the molecule is O=C(Cc1ccc(Cl)cc1)NNC(=O)CC1(O)CCCCC1. The molecule has 22 heavy (non-hydrogen) atoms. The molecule has 0 radical (unpaired) electrons. The average molecular weight is 325 g/mol. The summed E-state index contributed by atoms with van der Waals surface area (Å²) in [6.45, 7) is 0. The molecule has 6 heteroatoms. The largest absolute Gasteiger partial charge is 0.389 e. The molecule has 0 atom stereocenters. The fourth-order valence-electron chi connectivity index (χ4n) is 2.70. The maximum absolute atomic E-state index is 11.8. The minimum absolute atomic E-state index is 0.0220. The lowest BCUT2D eigenvalue weighted by molar-refractivity contribution is -0.132. The highest BCUT2D eigenvalue weighted by Crippen LogP contribution is 2.30. The number of amides is 2. The van der Waals surface area contributed by atoms with Crippen LogP contribution in [0.15, 0.2) is 24.3 Å². The van der Waals surface area contributed by atoms with Crippen LogP contribution in [0.1, 0.15) is 44.1 Å². The molecule has 0 bridgehead atoms. The highest BCUT2D eigenvalue weighted by Gasteiger charge is 2.31. The van der Waals surface area contributed by atoms with E-state index in [9.17, 15) is 14.7 Å². The Labute approximate surface area is 135 Å². The normalized spacial score (nSPS) is 16.8. The summed E-state index contributed by atoms with van der Waals surface area (Å²) in [6, 6.07) is 6.94. The van der Waals surface area contributed by atoms with Gasteiger partial charge in [0.05, 0.1) is 18.4 Å². The molecule has 0 saturated heterocycles. The summed E-state index contributed by atoms with van der Waals surface area (Å²) in [5, 5.41) is 10.9. The molecule has 1 aromatic rings. The Morgan fingerprint density at radius 2 is 1.64 bits per heavy atom. The van der Waals surface area contributed by atoms with Gasteiger partial charge >= 0.3 is 0 Å². The summed E-state index contributed by atoms with van der Waals surface area (Å²) in [7, 11) is 0. The molecule has 2 amide bonds. The molecule has 0 aliphatic heterocycles. The van der Waals surface area contributed by atoms with E-state index in [1.54, 1.807) is 24.3 Å². The Bertz CT molecular complexity index is 525. The standard InChI is InChI=1S/C16H21ClN2O3/c17-13-6-4-12(5-7-13)10-14(20)18-19-15(21)11-16(22)8-2-1-3-9-16/h4-7,22H,1-3,8-11H2,(H,18,20)(H,19,21). The van der Waals surface area contributed by atoms with Crippen LogP contribution in [0, 0.1) is 0 Å². The highest BCUT2D eigenvalue weighted by atomic mass is 35.5. The van der Waals surface area contributed by atoms with E-state index in [4.69, 9.17) is 11.6 Å². The summed E-state index contributed by atoms with van der Waals surface area (Å²) in [5.41, 5.74) is 4.61. The molecular formula is C16H21ClN2O3. The lowest BCUT2D eigenvalue weighted by Gasteiger charge is -2.31. The van der Waals surface area contributed by atoms with Gasteiger partial charge in [0, 0.05) is 5.02 Å². The van der Waals surface area contributed by atoms with Crippen molar-refractivity contribution in [1.82, 2.24) is 10.9 Å². The van der Waals surface area contributed by atoms with Gasteiger partial charge in [-0.1, -0.05) is 43.0 Å². The number of aliphatic hydroxyl groups is 1. The van der Waals surface area contributed by atoms with Gasteiger partial charge in [-0.15, -0.1) is 0 Å². The van der Waals surface area contributed by atoms with Crippen molar-refractivity contribution >= 4 is 23.4 Å². The Morgan fingerprint density at radius 3 is 2.27 bits per heavy atom. The first-order valence-electron chi connectivity index (χ1n) is 7.51. The first kappa shape index (κ1) is 16.8. The number of hydrogen-bond acceptors (Lipinski definition) is 3. The third-order valence-corrected chi connectivity index (χ3v) is 4.15. The minimum Gasteiger partial charge on any atom is -0.389 e. The molecule has 0 aromatic heterocycles. The number of halogens is 1. The molecule has 1 aromatic carbocycles. The first-order valence-corrected chi connectivity index (χ1v) is 7.89. The van der Waals surface area contributed by atoms with Crippen molar-refractivity contribution in [3.8, 4) is 0 Å². The van der Waals surface area contributed by atoms with E-state index in [1.165, 1.54) is 0 Å². The van der Waals surface area contributed by atoms with Gasteiger partial charge in [-0.05, 0) is 30.5 Å². The van der Waals surface area contributed by atoms with Gasteiger partial charge in [0.15, 0.2) is 0 Å². The third kappa shape index (κ3) is 5.31. The van der Waals surface area contributed by atoms with Crippen LogP contribution in [0.5, 0.6) is 0 Å². The molecule has 1 saturated carbocycles. The number of carbonyl (C=O) groups excluding carboxylic acids is 2. The second-order valence-corrected chi connectivity index (χ2v) is 6.30. The van der Waals surface area contributed by atoms with Crippen LogP contribution in [-0.2, 0) is 16.0 Å². The smallest absolute Gasteiger partial charge is 0.242 e. The monoisotopic (exact) mass is 324 g/mol. The van der Waals surface area contributed by atoms with Gasteiger partial charge in [-0.25, -0.2) is 0 Å². The van der Waals surface area contributed by atoms with E-state index in [1.807, 2.05) is 0 Å². The second kappa shape index (κ2) is 7.61. The zero-order valence-corrected chi connectivity index (χ0v) is 13.2. The number of nitrogens with one attached hydrogen (secondary N) is 2. The lowest BCUT2D eigenvalue weighted by atomic mass is 9.82. The number of hydrazine groups is 1. The fourth-order valence-corrected chi connectivity index (χ4v) is 2.83. The van der Waals surface area contributed by atoms with Gasteiger partial charge in [0.2, 0.25) is 11.8 Å². The Balaban J connectivity index is 1.73. The fraction of sp³-hybridized carbons (Fsp3) is 0.500. The van der Waals surface area contributed by atoms with Crippen molar-refractivity contribution in [2.45, 2.75) is 50.5 Å². The molecule has 120 valence electrons. The van der Waals surface area contributed by atoms with Crippen molar-refractivity contribution in [1.29, 1.82) is 0 Å². The van der Waals surface area contributed by atoms with E-state index in [0.717, 1.165) is 24.8 Å². The molecule has 0 spiro atoms. The molecule has 5 nitrogen and oxygen atoms in total. The van der Waals surface area contributed by atoms with Gasteiger partial charge in [-0.2, -0.15) is 0 Å². The van der Waals surface area contributed by atoms with Gasteiger partial charge in [0.1, 0.15) is 0 Å². The Hall–Kier alpha value is -1.59. The van der Waals surface area contributed by atoms with Crippen molar-refractivity contribution in [3.63, 3.8) is 0 Å². The van der Waals surface area contributed by atoms with Crippen LogP contribution in [-0.4, -0.2) is 22.5 Å². The molecule has 1 fully saturated rings. The molecular weight excluding hydrogens is 304 g/mol. The Kier molecular flexibility index (Phi) is 5.80. The summed E-state index contributed by atoms with van der Waals surface area (Å²) in [6.07, 6.45) is 4.43. The summed E-state index contributed by atoms with van der Waals surface area (Å²) >= 11 is 5.78. The third-order valence-electron chi connectivity index (χ3n) is 3.89. The summed E-state index contributed by atoms with van der Waals surface area (Å²) < 4.78 is 0. The molecule has 1 aliphatic carbocycles. The van der Waals surface area contributed by atoms with Crippen molar-refractivity contribution < 1.29 is 14.7 Å². The molecule has 0 heterocycles. The van der Waals surface area contributed by atoms with Crippen LogP contribution in [0.3, 0.4) is 0 Å². The van der Waals surface area contributed by atoms with Crippen LogP contribution in [0.2, 0.25) is 5.02 Å². The second-order valence-electron chi connectivity index (χ2n) is 5.86. The molecule has 1 aliphatic rings. The van der Waals surface area contributed by atoms with Gasteiger partial charge < -0.3 is 5.11 Å². The quantitative estimate of drug-likeness (QED) is 0.742. The summed E-state index contributed by atoms with van der Waals surface area (Å²) in [4.78, 5) is 23.6. The number of benzene rings is 1. The molecule has 2 rings (SSSR count). The zero-order valence-electron chi connectivity index (χ0n) is 12.4. The van der Waals surface area contributed by atoms with E-state index >= 15 is 0 Å². The predicted octanol–water partition coefficient (Wildman–Crippen LogP) is 2.12. The van der Waals surface area contributed by atoms with Crippen LogP contribution in [0.4, 0.5) is 0 Å². The topological polar surface area (TPSA) is 78.4 Å². The molecule has 3 N–H and O–H groups in total. The van der Waals surface area contributed by atoms with Crippen LogP contribution < -0.4 is 10.9 Å². The summed E-state index contributed by atoms with van der Waals surface area (Å²) in [5.74, 6) is -0.680. The van der Waals surface area contributed by atoms with Crippen LogP contribution in [0.25, 0.3) is 0 Å². The number of carbonyl (C=O) groups is 2. The maximum Gasteiger partial charge on any atom is 0.242 e. The van der Waals surface area contributed by atoms with Gasteiger partial charge in [0.25, 0.3) is 0 Å². The van der Waals surface area contributed by atoms with E-state index in [0.29, 0.717) is 17.9 Å². The van der Waals surface area contributed by atoms with E-state index in [2.05, 4.69) is 10.9 Å². The first-order chi connectivity index (χ1) is 10.5. The average Bonchev–Trinajstić information content (AvgIpc) is 2.48. The van der Waals surface area contributed by atoms with Crippen molar-refractivity contribution in [2.24, 2.45) is 0 Å². The van der Waals surface area contributed by atoms with E-state index in [-0.39, 0.29) is 24.7 Å². The van der Waals surface area contributed by atoms with Gasteiger partial charge in [-0.3, -0.25) is 20.4 Å². The van der Waals surface area contributed by atoms with Crippen LogP contribution >= 0.6 is 11.6 Å². The van der Waals surface area contributed by atoms with Crippen molar-refractivity contribution in [2.75, 3.05) is 0 Å². The maximum atomic E-state index is 11.8. The van der Waals surface area contributed by atoms with Crippen molar-refractivity contribution in [3.05, 3.63) is 34.9 Å². The zero-order chi connectivity index (χ0) is 16.0. The minimum atomic E-state index is -0.927. The lowest BCUT2D eigenvalue weighted by Crippen LogP contribution is -2.46. The van der Waals surface area contributed by atoms with E-state index < -0.39 is 5.60 Å². The number of rotatable bonds is 4. The number of hydrogen-bond donors (Lipinski definition) is 3. The Morgan fingerprint density at radius 1 is 1.05 bits per heavy atom. The predicted molar refractivity (Wildman–Crippen MR) is 84.1 cm³/mol. The molecule has 0 unspecified atom stereocenters.